The summed E-state index contributed by atoms with van der Waals surface area (Å²) in [4.78, 5) is 12.3. The quantitative estimate of drug-likeness (QED) is 0.619. The van der Waals surface area contributed by atoms with Crippen molar-refractivity contribution in [1.29, 1.82) is 0 Å². The van der Waals surface area contributed by atoms with Crippen molar-refractivity contribution in [3.63, 3.8) is 0 Å². The molecular weight excluding hydrogens is 210 g/mol. The summed E-state index contributed by atoms with van der Waals surface area (Å²) < 4.78 is 0. The van der Waals surface area contributed by atoms with E-state index in [1.807, 2.05) is 0 Å². The summed E-state index contributed by atoms with van der Waals surface area (Å²) in [7, 11) is 0. The molecule has 0 aromatic rings. The topological polar surface area (TPSA) is 29.1 Å². The van der Waals surface area contributed by atoms with Gasteiger partial charge in [0.25, 0.3) is 0 Å². The highest BCUT2D eigenvalue weighted by Gasteiger charge is 2.38. The second-order valence-corrected chi connectivity index (χ2v) is 5.45. The van der Waals surface area contributed by atoms with Gasteiger partial charge in [0, 0.05) is 6.42 Å². The zero-order valence-corrected chi connectivity index (χ0v) is 11.7. The van der Waals surface area contributed by atoms with Gasteiger partial charge in [0.1, 0.15) is 0 Å². The molecule has 1 heterocycles. The lowest BCUT2D eigenvalue weighted by Gasteiger charge is -2.27. The van der Waals surface area contributed by atoms with Gasteiger partial charge in [-0.2, -0.15) is 0 Å². The molecule has 1 aliphatic heterocycles. The molecule has 0 spiro atoms. The Balaban J connectivity index is 2.28. The zero-order valence-electron chi connectivity index (χ0n) is 11.7. The monoisotopic (exact) mass is 239 g/mol. The van der Waals surface area contributed by atoms with E-state index in [1.165, 1.54) is 32.1 Å². The van der Waals surface area contributed by atoms with Gasteiger partial charge in [-0.1, -0.05) is 46.0 Å². The van der Waals surface area contributed by atoms with Crippen molar-refractivity contribution in [2.24, 2.45) is 0 Å². The van der Waals surface area contributed by atoms with Gasteiger partial charge in [-0.05, 0) is 32.2 Å². The Morgan fingerprint density at radius 2 is 1.88 bits per heavy atom. The minimum absolute atomic E-state index is 0.139. The molecule has 1 saturated heterocycles. The lowest BCUT2D eigenvalue weighted by atomic mass is 9.85. The van der Waals surface area contributed by atoms with E-state index in [-0.39, 0.29) is 5.54 Å². The van der Waals surface area contributed by atoms with Crippen LogP contribution >= 0.6 is 0 Å². The lowest BCUT2D eigenvalue weighted by molar-refractivity contribution is -0.125. The van der Waals surface area contributed by atoms with Crippen molar-refractivity contribution < 1.29 is 4.79 Å². The average Bonchev–Trinajstić information content (AvgIpc) is 2.79. The molecule has 0 amide bonds. The van der Waals surface area contributed by atoms with Gasteiger partial charge in [0.15, 0.2) is 5.78 Å². The molecule has 1 aliphatic rings. The summed E-state index contributed by atoms with van der Waals surface area (Å²) in [5.41, 5.74) is -0.139. The number of hydrogen-bond donors (Lipinski definition) is 1. The Morgan fingerprint density at radius 1 is 1.12 bits per heavy atom. The predicted octanol–water partition coefficient (Wildman–Crippen LogP) is 3.84. The molecule has 0 bridgehead atoms. The normalized spacial score (nSPS) is 24.1. The molecule has 1 rings (SSSR count). The van der Waals surface area contributed by atoms with Crippen LogP contribution in [0, 0.1) is 0 Å². The van der Waals surface area contributed by atoms with Crippen LogP contribution in [0.5, 0.6) is 0 Å². The third kappa shape index (κ3) is 4.42. The molecule has 100 valence electrons. The molecule has 1 atom stereocenters. The van der Waals surface area contributed by atoms with Crippen LogP contribution in [0.4, 0.5) is 0 Å². The van der Waals surface area contributed by atoms with E-state index in [1.54, 1.807) is 0 Å². The summed E-state index contributed by atoms with van der Waals surface area (Å²) >= 11 is 0. The molecule has 0 aliphatic carbocycles. The van der Waals surface area contributed by atoms with Crippen molar-refractivity contribution in [3.05, 3.63) is 0 Å². The van der Waals surface area contributed by atoms with Crippen molar-refractivity contribution >= 4 is 5.78 Å². The van der Waals surface area contributed by atoms with E-state index in [4.69, 9.17) is 0 Å². The van der Waals surface area contributed by atoms with Crippen molar-refractivity contribution in [1.82, 2.24) is 5.32 Å². The van der Waals surface area contributed by atoms with E-state index in [0.29, 0.717) is 5.78 Å². The Morgan fingerprint density at radius 3 is 2.47 bits per heavy atom. The largest absolute Gasteiger partial charge is 0.305 e. The van der Waals surface area contributed by atoms with E-state index >= 15 is 0 Å². The Bertz CT molecular complexity index is 219. The maximum Gasteiger partial charge on any atom is 0.152 e. The van der Waals surface area contributed by atoms with Crippen LogP contribution in [0.25, 0.3) is 0 Å². The predicted molar refractivity (Wildman–Crippen MR) is 73.3 cm³/mol. The number of hydrogen-bond acceptors (Lipinski definition) is 2. The third-order valence-electron chi connectivity index (χ3n) is 3.96. The highest BCUT2D eigenvalue weighted by Crippen LogP contribution is 2.27. The van der Waals surface area contributed by atoms with Crippen molar-refractivity contribution in [3.8, 4) is 0 Å². The van der Waals surface area contributed by atoms with Crippen molar-refractivity contribution in [2.45, 2.75) is 83.6 Å². The molecule has 0 radical (unpaired) electrons. The summed E-state index contributed by atoms with van der Waals surface area (Å²) in [6, 6.07) is 0. The summed E-state index contributed by atoms with van der Waals surface area (Å²) in [5, 5.41) is 3.47. The maximum absolute atomic E-state index is 12.3. The smallest absolute Gasteiger partial charge is 0.152 e. The first-order valence-electron chi connectivity index (χ1n) is 7.53. The van der Waals surface area contributed by atoms with Gasteiger partial charge in [-0.25, -0.2) is 0 Å². The van der Waals surface area contributed by atoms with Gasteiger partial charge in [0.05, 0.1) is 5.54 Å². The SMILES string of the molecule is CCCCCCCC(=O)C1(CCC)CCCN1. The second kappa shape index (κ2) is 7.86. The first-order valence-corrected chi connectivity index (χ1v) is 7.53. The first kappa shape index (κ1) is 14.7. The number of carbonyl (C=O) groups excluding carboxylic acids is 1. The van der Waals surface area contributed by atoms with Crippen LogP contribution in [-0.2, 0) is 4.79 Å². The third-order valence-corrected chi connectivity index (χ3v) is 3.96. The molecule has 0 saturated carbocycles. The maximum atomic E-state index is 12.3. The van der Waals surface area contributed by atoms with Crippen molar-refractivity contribution in [2.75, 3.05) is 6.54 Å². The fourth-order valence-corrected chi connectivity index (χ4v) is 2.95. The number of unbranched alkanes of at least 4 members (excludes halogenated alkanes) is 4. The van der Waals surface area contributed by atoms with Crippen LogP contribution in [0.1, 0.15) is 78.1 Å². The fraction of sp³-hybridized carbons (Fsp3) is 0.933. The van der Waals surface area contributed by atoms with E-state index < -0.39 is 0 Å². The number of carbonyl (C=O) groups is 1. The lowest BCUT2D eigenvalue weighted by Crippen LogP contribution is -2.47. The fourth-order valence-electron chi connectivity index (χ4n) is 2.95. The number of nitrogens with one attached hydrogen (secondary N) is 1. The van der Waals surface area contributed by atoms with Crippen LogP contribution in [-0.4, -0.2) is 17.9 Å². The number of ketones is 1. The van der Waals surface area contributed by atoms with Gasteiger partial charge in [-0.3, -0.25) is 4.79 Å². The van der Waals surface area contributed by atoms with Crippen LogP contribution in [0.2, 0.25) is 0 Å². The zero-order chi connectivity index (χ0) is 12.6. The molecule has 0 aromatic carbocycles. The van der Waals surface area contributed by atoms with Crippen LogP contribution in [0.15, 0.2) is 0 Å². The van der Waals surface area contributed by atoms with Gasteiger partial charge in [-0.15, -0.1) is 0 Å². The van der Waals surface area contributed by atoms with Gasteiger partial charge in [0.2, 0.25) is 0 Å². The number of rotatable bonds is 9. The Hall–Kier alpha value is -0.370. The summed E-state index contributed by atoms with van der Waals surface area (Å²) in [6.07, 6.45) is 11.3. The molecule has 1 unspecified atom stereocenters. The van der Waals surface area contributed by atoms with Crippen LogP contribution in [0.3, 0.4) is 0 Å². The molecule has 1 fully saturated rings. The molecule has 2 heteroatoms. The molecule has 0 aromatic heterocycles. The standard InChI is InChI=1S/C15H29NO/c1-3-5-6-7-8-10-14(17)15(11-4-2)12-9-13-16-15/h16H,3-13H2,1-2H3. The van der Waals surface area contributed by atoms with E-state index in [2.05, 4.69) is 19.2 Å². The molecule has 17 heavy (non-hydrogen) atoms. The van der Waals surface area contributed by atoms with E-state index in [0.717, 1.165) is 38.6 Å². The van der Waals surface area contributed by atoms with Gasteiger partial charge < -0.3 is 5.32 Å². The van der Waals surface area contributed by atoms with Crippen LogP contribution < -0.4 is 5.32 Å². The average molecular weight is 239 g/mol. The summed E-state index contributed by atoms with van der Waals surface area (Å²) in [6.45, 7) is 5.43. The molecule has 1 N–H and O–H groups in total. The van der Waals surface area contributed by atoms with E-state index in [9.17, 15) is 4.79 Å². The first-order chi connectivity index (χ1) is 8.25. The number of Topliss-reactive ketones (excluding diaryl/α,β-unsaturated/α-hetero) is 1. The highest BCUT2D eigenvalue weighted by atomic mass is 16.1. The molecule has 2 nitrogen and oxygen atoms in total. The Labute approximate surface area is 107 Å². The molecular formula is C15H29NO. The minimum Gasteiger partial charge on any atom is -0.305 e. The Kier molecular flexibility index (Phi) is 6.79. The second-order valence-electron chi connectivity index (χ2n) is 5.45. The van der Waals surface area contributed by atoms with Gasteiger partial charge >= 0.3 is 0 Å². The summed E-state index contributed by atoms with van der Waals surface area (Å²) in [5.74, 6) is 0.480. The highest BCUT2D eigenvalue weighted by molar-refractivity contribution is 5.88. The minimum atomic E-state index is -0.139.